The Kier molecular flexibility index (Phi) is 5.34. The molecule has 0 spiro atoms. The van der Waals surface area contributed by atoms with Gasteiger partial charge in [0.15, 0.2) is 0 Å². The van der Waals surface area contributed by atoms with Crippen LogP contribution in [0.4, 0.5) is 8.78 Å². The topological polar surface area (TPSA) is 55.0 Å². The van der Waals surface area contributed by atoms with Crippen LogP contribution in [0.25, 0.3) is 0 Å². The number of ether oxygens (including phenoxy) is 1. The van der Waals surface area contributed by atoms with Crippen molar-refractivity contribution < 1.29 is 13.5 Å². The number of pyridine rings is 2. The molecule has 2 aromatic rings. The van der Waals surface area contributed by atoms with E-state index in [9.17, 15) is 13.6 Å². The van der Waals surface area contributed by atoms with Gasteiger partial charge >= 0.3 is 6.61 Å². The maximum Gasteiger partial charge on any atom is 0.388 e. The first-order chi connectivity index (χ1) is 10.4. The lowest BCUT2D eigenvalue weighted by Crippen LogP contribution is -2.21. The minimum absolute atomic E-state index is 0.0993. The molecule has 0 aromatic carbocycles. The molecule has 0 aliphatic heterocycles. The molecule has 0 aliphatic carbocycles. The molecule has 1 atom stereocenters. The van der Waals surface area contributed by atoms with Crippen LogP contribution in [0.5, 0.6) is 5.88 Å². The molecule has 2 rings (SSSR count). The first-order valence-corrected chi connectivity index (χ1v) is 7.24. The first kappa shape index (κ1) is 16.7. The van der Waals surface area contributed by atoms with Gasteiger partial charge in [-0.25, -0.2) is 4.98 Å². The number of alkyl halides is 2. The SMILES string of the molecule is [B]c1ccc(=O)[nH]c1C[C@@H](C)c1cc(OC(F)F)ncc1Br. The molecule has 1 N–H and O–H groups in total. The highest BCUT2D eigenvalue weighted by atomic mass is 79.9. The van der Waals surface area contributed by atoms with Crippen LogP contribution in [0, 0.1) is 0 Å². The molecule has 22 heavy (non-hydrogen) atoms. The zero-order valence-corrected chi connectivity index (χ0v) is 13.2. The van der Waals surface area contributed by atoms with Crippen molar-refractivity contribution in [3.05, 3.63) is 50.5 Å². The third-order valence-electron chi connectivity index (χ3n) is 3.15. The van der Waals surface area contributed by atoms with Crippen molar-refractivity contribution in [1.82, 2.24) is 9.97 Å². The third-order valence-corrected chi connectivity index (χ3v) is 3.81. The number of hydrogen-bond donors (Lipinski definition) is 1. The van der Waals surface area contributed by atoms with Gasteiger partial charge in [-0.05, 0) is 33.8 Å². The van der Waals surface area contributed by atoms with Gasteiger partial charge in [-0.3, -0.25) is 4.79 Å². The van der Waals surface area contributed by atoms with E-state index in [1.165, 1.54) is 24.4 Å². The highest BCUT2D eigenvalue weighted by Crippen LogP contribution is 2.29. The van der Waals surface area contributed by atoms with Crippen LogP contribution in [-0.4, -0.2) is 24.4 Å². The van der Waals surface area contributed by atoms with E-state index >= 15 is 0 Å². The summed E-state index contributed by atoms with van der Waals surface area (Å²) in [5.74, 6) is -0.257. The molecule has 114 valence electrons. The summed E-state index contributed by atoms with van der Waals surface area (Å²) >= 11 is 3.33. The average Bonchev–Trinajstić information content (AvgIpc) is 2.44. The van der Waals surface area contributed by atoms with Gasteiger partial charge in [0.25, 0.3) is 0 Å². The number of hydrogen-bond acceptors (Lipinski definition) is 3. The molecule has 0 unspecified atom stereocenters. The van der Waals surface area contributed by atoms with Crippen LogP contribution in [0.15, 0.2) is 33.7 Å². The van der Waals surface area contributed by atoms with Gasteiger partial charge < -0.3 is 9.72 Å². The van der Waals surface area contributed by atoms with E-state index in [0.29, 0.717) is 22.1 Å². The van der Waals surface area contributed by atoms with E-state index in [-0.39, 0.29) is 17.4 Å². The maximum absolute atomic E-state index is 12.3. The normalized spacial score (nSPS) is 12.4. The second-order valence-corrected chi connectivity index (χ2v) is 5.64. The highest BCUT2D eigenvalue weighted by Gasteiger charge is 2.15. The van der Waals surface area contributed by atoms with Crippen molar-refractivity contribution in [2.24, 2.45) is 0 Å². The molecule has 2 aromatic heterocycles. The summed E-state index contributed by atoms with van der Waals surface area (Å²) in [7, 11) is 5.83. The number of rotatable bonds is 5. The number of nitrogens with zero attached hydrogens (tertiary/aromatic N) is 1. The lowest BCUT2D eigenvalue weighted by molar-refractivity contribution is -0.0529. The fraction of sp³-hybridized carbons (Fsp3) is 0.286. The lowest BCUT2D eigenvalue weighted by atomic mass is 9.88. The van der Waals surface area contributed by atoms with Crippen molar-refractivity contribution >= 4 is 29.2 Å². The summed E-state index contributed by atoms with van der Waals surface area (Å²) < 4.78 is 29.5. The molecule has 0 fully saturated rings. The Morgan fingerprint density at radius 2 is 2.18 bits per heavy atom. The lowest BCUT2D eigenvalue weighted by Gasteiger charge is -2.16. The summed E-state index contributed by atoms with van der Waals surface area (Å²) in [5, 5.41) is 0. The monoisotopic (exact) mass is 368 g/mol. The molecular weight excluding hydrogens is 357 g/mol. The second-order valence-electron chi connectivity index (χ2n) is 4.78. The zero-order chi connectivity index (χ0) is 16.3. The van der Waals surface area contributed by atoms with Gasteiger partial charge in [0.05, 0.1) is 0 Å². The summed E-state index contributed by atoms with van der Waals surface area (Å²) in [4.78, 5) is 17.8. The van der Waals surface area contributed by atoms with Crippen LogP contribution >= 0.6 is 15.9 Å². The van der Waals surface area contributed by atoms with E-state index in [0.717, 1.165) is 5.56 Å². The molecule has 0 saturated carbocycles. The fourth-order valence-corrected chi connectivity index (χ4v) is 2.69. The Balaban J connectivity index is 2.26. The molecule has 4 nitrogen and oxygen atoms in total. The van der Waals surface area contributed by atoms with Crippen molar-refractivity contribution in [2.75, 3.05) is 0 Å². The molecule has 0 saturated heterocycles. The molecule has 2 heterocycles. The van der Waals surface area contributed by atoms with Crippen molar-refractivity contribution in [2.45, 2.75) is 25.9 Å². The molecule has 0 aliphatic rings. The third kappa shape index (κ3) is 4.16. The predicted octanol–water partition coefficient (Wildman–Crippen LogP) is 2.27. The van der Waals surface area contributed by atoms with Gasteiger partial charge in [-0.2, -0.15) is 8.78 Å². The van der Waals surface area contributed by atoms with Crippen LogP contribution < -0.4 is 15.8 Å². The summed E-state index contributed by atoms with van der Waals surface area (Å²) in [6.45, 7) is -1.05. The number of halogens is 3. The largest absolute Gasteiger partial charge is 0.417 e. The van der Waals surface area contributed by atoms with E-state index in [4.69, 9.17) is 7.85 Å². The standard InChI is InChI=1S/C14H12BBrF2N2O2/c1-7(4-11-9(15)2-3-12(21)20-11)8-5-13(22-14(17)18)19-6-10(8)16/h2-3,5-7,14H,4H2,1H3,(H,20,21)/t7-/m1/s1. The minimum atomic E-state index is -2.93. The quantitative estimate of drug-likeness (QED) is 0.824. The number of aromatic amines is 1. The van der Waals surface area contributed by atoms with Crippen LogP contribution in [-0.2, 0) is 6.42 Å². The highest BCUT2D eigenvalue weighted by molar-refractivity contribution is 9.10. The Morgan fingerprint density at radius 1 is 1.45 bits per heavy atom. The Labute approximate surface area is 135 Å². The van der Waals surface area contributed by atoms with Crippen molar-refractivity contribution in [3.8, 4) is 5.88 Å². The summed E-state index contributed by atoms with van der Waals surface area (Å²) in [6, 6.07) is 4.33. The van der Waals surface area contributed by atoms with Gasteiger partial charge in [0, 0.05) is 28.5 Å². The van der Waals surface area contributed by atoms with Gasteiger partial charge in [-0.15, -0.1) is 0 Å². The predicted molar refractivity (Wildman–Crippen MR) is 83.1 cm³/mol. The maximum atomic E-state index is 12.3. The zero-order valence-electron chi connectivity index (χ0n) is 11.6. The summed E-state index contributed by atoms with van der Waals surface area (Å²) in [5.41, 5.74) is 1.56. The first-order valence-electron chi connectivity index (χ1n) is 6.44. The van der Waals surface area contributed by atoms with Crippen LogP contribution in [0.1, 0.15) is 24.1 Å². The van der Waals surface area contributed by atoms with Gasteiger partial charge in [0.1, 0.15) is 7.85 Å². The molecule has 8 heteroatoms. The Hall–Kier alpha value is -1.70. The molecule has 2 radical (unpaired) electrons. The van der Waals surface area contributed by atoms with E-state index in [1.807, 2.05) is 6.92 Å². The molecule has 0 bridgehead atoms. The fourth-order valence-electron chi connectivity index (χ4n) is 2.08. The minimum Gasteiger partial charge on any atom is -0.417 e. The van der Waals surface area contributed by atoms with E-state index < -0.39 is 6.61 Å². The van der Waals surface area contributed by atoms with Crippen LogP contribution in [0.3, 0.4) is 0 Å². The van der Waals surface area contributed by atoms with E-state index in [1.54, 1.807) is 0 Å². The average molecular weight is 369 g/mol. The van der Waals surface area contributed by atoms with Crippen molar-refractivity contribution in [3.63, 3.8) is 0 Å². The number of H-pyrrole nitrogens is 1. The Bertz CT molecular complexity index is 724. The van der Waals surface area contributed by atoms with Gasteiger partial charge in [0.2, 0.25) is 11.4 Å². The van der Waals surface area contributed by atoms with Gasteiger partial charge in [-0.1, -0.05) is 18.5 Å². The van der Waals surface area contributed by atoms with Crippen LogP contribution in [0.2, 0.25) is 0 Å². The second kappa shape index (κ2) is 7.04. The molecular formula is C14H12BBrF2N2O2. The Morgan fingerprint density at radius 3 is 2.86 bits per heavy atom. The smallest absolute Gasteiger partial charge is 0.388 e. The number of aromatic nitrogens is 2. The molecule has 0 amide bonds. The van der Waals surface area contributed by atoms with Crippen molar-refractivity contribution in [1.29, 1.82) is 0 Å². The number of nitrogens with one attached hydrogen (secondary N) is 1. The van der Waals surface area contributed by atoms with E-state index in [2.05, 4.69) is 30.6 Å². The summed E-state index contributed by atoms with van der Waals surface area (Å²) in [6.07, 6.45) is 1.85.